The summed E-state index contributed by atoms with van der Waals surface area (Å²) in [6.07, 6.45) is 0.251. The monoisotopic (exact) mass is 459 g/mol. The Bertz CT molecular complexity index is 854. The van der Waals surface area contributed by atoms with Gasteiger partial charge in [-0.2, -0.15) is 0 Å². The number of hydrogen-bond donors (Lipinski definition) is 1. The first kappa shape index (κ1) is 23.2. The number of hydrogen-bond acceptors (Lipinski definition) is 4. The number of rotatable bonds is 7. The quantitative estimate of drug-likeness (QED) is 0.674. The van der Waals surface area contributed by atoms with Crippen LogP contribution in [0, 0.1) is 11.7 Å². The highest BCUT2D eigenvalue weighted by Crippen LogP contribution is 2.42. The van der Waals surface area contributed by atoms with Crippen molar-refractivity contribution < 1.29 is 28.0 Å². The fourth-order valence-corrected chi connectivity index (χ4v) is 5.04. The summed E-state index contributed by atoms with van der Waals surface area (Å²) in [5.74, 6) is -1.72. The van der Waals surface area contributed by atoms with E-state index in [2.05, 4.69) is 0 Å². The number of carboxylic acid groups (broad SMARTS) is 1. The molecule has 166 valence electrons. The molecule has 9 heteroatoms. The summed E-state index contributed by atoms with van der Waals surface area (Å²) >= 11 is 5.81. The van der Waals surface area contributed by atoms with Gasteiger partial charge in [-0.25, -0.2) is 4.39 Å². The van der Waals surface area contributed by atoms with Crippen LogP contribution in [0.5, 0.6) is 0 Å². The van der Waals surface area contributed by atoms with E-state index < -0.39 is 51.8 Å². The number of carbonyl (C=O) groups is 2. The molecule has 1 aromatic carbocycles. The molecule has 1 saturated carbocycles. The predicted molar refractivity (Wildman–Crippen MR) is 112 cm³/mol. The summed E-state index contributed by atoms with van der Waals surface area (Å²) < 4.78 is 32.2. The summed E-state index contributed by atoms with van der Waals surface area (Å²) in [5.41, 5.74) is 0.520. The van der Waals surface area contributed by atoms with Gasteiger partial charge in [0, 0.05) is 27.3 Å². The van der Waals surface area contributed by atoms with Crippen LogP contribution in [0.25, 0.3) is 0 Å². The molecule has 4 unspecified atom stereocenters. The smallest absolute Gasteiger partial charge is 0.306 e. The summed E-state index contributed by atoms with van der Waals surface area (Å²) in [6, 6.07) is 3.41. The van der Waals surface area contributed by atoms with Crippen molar-refractivity contribution in [1.29, 1.82) is 0 Å². The number of aliphatic carboxylic acids is 1. The van der Waals surface area contributed by atoms with Gasteiger partial charge in [0.2, 0.25) is 0 Å². The lowest BCUT2D eigenvalue weighted by Gasteiger charge is -2.44. The Morgan fingerprint density at radius 3 is 2.60 bits per heavy atom. The molecule has 3 rings (SSSR count). The van der Waals surface area contributed by atoms with Crippen molar-refractivity contribution in [3.8, 4) is 0 Å². The fourth-order valence-electron chi connectivity index (χ4n) is 3.68. The lowest BCUT2D eigenvalue weighted by Crippen LogP contribution is -2.56. The van der Waals surface area contributed by atoms with E-state index in [0.717, 1.165) is 12.8 Å². The molecule has 1 N–H and O–H groups in total. The number of benzene rings is 1. The Morgan fingerprint density at radius 1 is 1.40 bits per heavy atom. The van der Waals surface area contributed by atoms with E-state index in [1.165, 1.54) is 12.1 Å². The zero-order valence-corrected chi connectivity index (χ0v) is 18.8. The van der Waals surface area contributed by atoms with Gasteiger partial charge in [-0.1, -0.05) is 17.7 Å². The number of carbonyl (C=O) groups excluding carboxylic acids is 1. The van der Waals surface area contributed by atoms with Crippen LogP contribution < -0.4 is 0 Å². The molecule has 1 amide bonds. The Morgan fingerprint density at radius 2 is 2.07 bits per heavy atom. The first-order chi connectivity index (χ1) is 14.0. The average Bonchev–Trinajstić information content (AvgIpc) is 3.48. The molecule has 1 aromatic rings. The predicted octanol–water partition coefficient (Wildman–Crippen LogP) is 3.55. The van der Waals surface area contributed by atoms with Crippen molar-refractivity contribution in [1.82, 2.24) is 4.90 Å². The molecule has 0 radical (unpaired) electrons. The van der Waals surface area contributed by atoms with Gasteiger partial charge in [0.15, 0.2) is 0 Å². The van der Waals surface area contributed by atoms with Crippen molar-refractivity contribution in [3.05, 3.63) is 34.6 Å². The molecular weight excluding hydrogens is 433 g/mol. The minimum Gasteiger partial charge on any atom is -0.481 e. The highest BCUT2D eigenvalue weighted by Gasteiger charge is 2.47. The molecule has 2 fully saturated rings. The van der Waals surface area contributed by atoms with Crippen molar-refractivity contribution in [2.75, 3.05) is 12.4 Å². The molecule has 0 spiro atoms. The molecule has 30 heavy (non-hydrogen) atoms. The fraction of sp³-hybridized carbons (Fsp3) is 0.619. The zero-order valence-electron chi connectivity index (χ0n) is 17.3. The van der Waals surface area contributed by atoms with Gasteiger partial charge in [-0.05, 0) is 57.2 Å². The van der Waals surface area contributed by atoms with Crippen molar-refractivity contribution in [3.63, 3.8) is 0 Å². The Balaban J connectivity index is 1.98. The first-order valence-corrected chi connectivity index (χ1v) is 11.7. The molecule has 6 nitrogen and oxygen atoms in total. The molecule has 4 atom stereocenters. The van der Waals surface area contributed by atoms with Crippen LogP contribution in [0.1, 0.15) is 51.6 Å². The van der Waals surface area contributed by atoms with Crippen LogP contribution in [0.3, 0.4) is 0 Å². The summed E-state index contributed by atoms with van der Waals surface area (Å²) in [5, 5.41) is 9.14. The van der Waals surface area contributed by atoms with E-state index >= 15 is 0 Å². The average molecular weight is 460 g/mol. The maximum Gasteiger partial charge on any atom is 0.306 e. The number of ether oxygens (including phenoxy) is 1. The minimum atomic E-state index is -1.21. The summed E-state index contributed by atoms with van der Waals surface area (Å²) in [4.78, 5) is 26.1. The molecule has 1 aliphatic carbocycles. The van der Waals surface area contributed by atoms with Gasteiger partial charge in [-0.15, -0.1) is 0 Å². The summed E-state index contributed by atoms with van der Waals surface area (Å²) in [7, 11) is -1.21. The topological polar surface area (TPSA) is 83.9 Å². The van der Waals surface area contributed by atoms with E-state index in [9.17, 15) is 18.2 Å². The van der Waals surface area contributed by atoms with Gasteiger partial charge >= 0.3 is 5.97 Å². The number of amides is 1. The molecule has 0 bridgehead atoms. The molecule has 0 aromatic heterocycles. The second-order valence-corrected chi connectivity index (χ2v) is 11.5. The maximum atomic E-state index is 14.1. The molecule has 2 aliphatic rings. The minimum absolute atomic E-state index is 0.0234. The maximum absolute atomic E-state index is 14.1. The van der Waals surface area contributed by atoms with Gasteiger partial charge in [-0.3, -0.25) is 13.8 Å². The zero-order chi connectivity index (χ0) is 22.2. The highest BCUT2D eigenvalue weighted by molar-refractivity contribution is 7.86. The van der Waals surface area contributed by atoms with Crippen molar-refractivity contribution in [2.24, 2.45) is 5.92 Å². The van der Waals surface area contributed by atoms with Gasteiger partial charge in [0.1, 0.15) is 11.9 Å². The third kappa shape index (κ3) is 5.21. The highest BCUT2D eigenvalue weighted by atomic mass is 35.5. The second-order valence-electron chi connectivity index (χ2n) is 8.88. The summed E-state index contributed by atoms with van der Waals surface area (Å²) in [6.45, 7) is 5.69. The van der Waals surface area contributed by atoms with Crippen LogP contribution in [0.4, 0.5) is 4.39 Å². The first-order valence-electron chi connectivity index (χ1n) is 9.98. The van der Waals surface area contributed by atoms with E-state index in [0.29, 0.717) is 5.56 Å². The lowest BCUT2D eigenvalue weighted by atomic mass is 9.98. The Labute approximate surface area is 183 Å². The van der Waals surface area contributed by atoms with Crippen LogP contribution in [-0.2, 0) is 25.1 Å². The van der Waals surface area contributed by atoms with E-state index in [4.69, 9.17) is 21.4 Å². The van der Waals surface area contributed by atoms with E-state index in [1.807, 2.05) is 20.8 Å². The van der Waals surface area contributed by atoms with Crippen LogP contribution >= 0.6 is 11.6 Å². The number of morpholine rings is 1. The van der Waals surface area contributed by atoms with Crippen molar-refractivity contribution in [2.45, 2.75) is 63.0 Å². The molecule has 1 heterocycles. The van der Waals surface area contributed by atoms with Crippen LogP contribution in [0.15, 0.2) is 18.2 Å². The van der Waals surface area contributed by atoms with Gasteiger partial charge in [0.25, 0.3) is 5.91 Å². The normalized spacial score (nSPS) is 24.6. The Kier molecular flexibility index (Phi) is 6.89. The van der Waals surface area contributed by atoms with E-state index in [-0.39, 0.29) is 29.3 Å². The molecular formula is C21H27ClFNO5S. The van der Waals surface area contributed by atoms with Gasteiger partial charge < -0.3 is 14.7 Å². The van der Waals surface area contributed by atoms with E-state index in [1.54, 1.807) is 11.0 Å². The van der Waals surface area contributed by atoms with Crippen molar-refractivity contribution >= 4 is 34.3 Å². The second kappa shape index (κ2) is 8.93. The number of halogens is 2. The van der Waals surface area contributed by atoms with Crippen LogP contribution in [-0.4, -0.2) is 55.3 Å². The Hall–Kier alpha value is -1.51. The number of nitrogens with zero attached hydrogens (tertiary/aromatic N) is 1. The molecule has 1 saturated heterocycles. The molecule has 1 aliphatic heterocycles. The SMILES string of the molecule is CC(C)(C)S(=O)CC(C1CC1)N1C(=O)C(CC(=O)O)OCC1c1ccc(Cl)c(F)c1. The third-order valence-electron chi connectivity index (χ3n) is 5.54. The van der Waals surface area contributed by atoms with Crippen LogP contribution in [0.2, 0.25) is 5.02 Å². The third-order valence-corrected chi connectivity index (χ3v) is 7.85. The standard InChI is InChI=1S/C21H27ClFNO5S/c1-21(2,3)30(28)11-17(12-4-5-12)24-16(13-6-7-14(22)15(23)8-13)10-29-18(20(24)27)9-19(25)26/h6-8,12,16-18H,4-5,9-11H2,1-3H3,(H,25,26). The number of carboxylic acids is 1. The lowest BCUT2D eigenvalue weighted by molar-refractivity contribution is -0.169. The largest absolute Gasteiger partial charge is 0.481 e. The van der Waals surface area contributed by atoms with Gasteiger partial charge in [0.05, 0.1) is 24.1 Å².